The number of nitrogens with zero attached hydrogens (tertiary/aromatic N) is 5. The van der Waals surface area contributed by atoms with Gasteiger partial charge in [-0.05, 0) is 58.5 Å². The first-order valence-corrected chi connectivity index (χ1v) is 13.6. The summed E-state index contributed by atoms with van der Waals surface area (Å²) in [6, 6.07) is 5.46. The van der Waals surface area contributed by atoms with Crippen LogP contribution in [0.2, 0.25) is 0 Å². The van der Waals surface area contributed by atoms with Gasteiger partial charge in [0.25, 0.3) is 0 Å². The Bertz CT molecular complexity index is 1400. The third-order valence-electron chi connectivity index (χ3n) is 6.40. The van der Waals surface area contributed by atoms with E-state index in [1.807, 2.05) is 50.2 Å². The quantitative estimate of drug-likeness (QED) is 0.165. The third-order valence-corrected chi connectivity index (χ3v) is 6.40. The van der Waals surface area contributed by atoms with E-state index >= 15 is 0 Å². The third kappa shape index (κ3) is 7.80. The first-order chi connectivity index (χ1) is 19.4. The fourth-order valence-electron chi connectivity index (χ4n) is 4.41. The average Bonchev–Trinajstić information content (AvgIpc) is 3.61. The van der Waals surface area contributed by atoms with Crippen LogP contribution in [-0.2, 0) is 9.59 Å². The molecule has 1 aromatic carbocycles. The number of H-pyrrole nitrogens is 1. The molecule has 3 heterocycles. The highest BCUT2D eigenvalue weighted by atomic mass is 16.2. The van der Waals surface area contributed by atoms with Crippen molar-refractivity contribution in [3.8, 4) is 11.8 Å². The molecule has 4 N–H and O–H groups in total. The van der Waals surface area contributed by atoms with Crippen LogP contribution in [0.1, 0.15) is 38.2 Å². The highest BCUT2D eigenvalue weighted by Gasteiger charge is 2.32. The Hall–Kier alpha value is -4.43. The number of unbranched alkanes of at least 4 members (excludes halogenated alkanes) is 1. The molecule has 2 amide bonds. The summed E-state index contributed by atoms with van der Waals surface area (Å²) in [4.78, 5) is 37.9. The molecular formula is C29H37N9O2. The van der Waals surface area contributed by atoms with E-state index in [0.29, 0.717) is 62.8 Å². The molecule has 1 aliphatic heterocycles. The molecule has 3 aromatic rings. The fraction of sp³-hybridized carbons (Fsp3) is 0.414. The van der Waals surface area contributed by atoms with Gasteiger partial charge in [0, 0.05) is 49.7 Å². The molecular weight excluding hydrogens is 506 g/mol. The first kappa shape index (κ1) is 28.6. The monoisotopic (exact) mass is 543 g/mol. The van der Waals surface area contributed by atoms with E-state index in [9.17, 15) is 9.59 Å². The van der Waals surface area contributed by atoms with Gasteiger partial charge in [-0.1, -0.05) is 17.9 Å². The number of fused-ring (bicyclic) bond motifs is 1. The van der Waals surface area contributed by atoms with Gasteiger partial charge in [0.2, 0.25) is 17.8 Å². The lowest BCUT2D eigenvalue weighted by Gasteiger charge is -2.22. The maximum absolute atomic E-state index is 12.7. The number of nitrogens with one attached hydrogen (secondary N) is 4. The molecule has 0 saturated carbocycles. The van der Waals surface area contributed by atoms with Crippen molar-refractivity contribution >= 4 is 40.2 Å². The lowest BCUT2D eigenvalue weighted by atomic mass is 10.2. The number of aromatic nitrogens is 4. The fourth-order valence-corrected chi connectivity index (χ4v) is 4.41. The summed E-state index contributed by atoms with van der Waals surface area (Å²) in [5.41, 5.74) is 2.54. The van der Waals surface area contributed by atoms with Crippen molar-refractivity contribution in [2.45, 2.75) is 38.6 Å². The summed E-state index contributed by atoms with van der Waals surface area (Å²) in [5.74, 6) is 7.24. The SMILES string of the molecule is CCNc1nc(Nc2ccc3[nH]ncc3c2)ncc1C#CCCCNC(=O)[C@@H]1CCCN1C(=O)/C=C/CN(C)C. The molecule has 2 aromatic heterocycles. The van der Waals surface area contributed by atoms with Crippen molar-refractivity contribution in [3.05, 3.63) is 48.3 Å². The zero-order chi connectivity index (χ0) is 28.3. The van der Waals surface area contributed by atoms with Gasteiger partial charge in [-0.25, -0.2) is 4.98 Å². The number of carbonyl (C=O) groups excluding carboxylic acids is 2. The molecule has 0 bridgehead atoms. The summed E-state index contributed by atoms with van der Waals surface area (Å²) < 4.78 is 0. The van der Waals surface area contributed by atoms with E-state index in [1.54, 1.807) is 23.4 Å². The number of rotatable bonds is 11. The molecule has 0 spiro atoms. The van der Waals surface area contributed by atoms with Crippen molar-refractivity contribution in [1.82, 2.24) is 35.3 Å². The maximum Gasteiger partial charge on any atom is 0.246 e. The zero-order valence-corrected chi connectivity index (χ0v) is 23.3. The van der Waals surface area contributed by atoms with Crippen molar-refractivity contribution < 1.29 is 9.59 Å². The number of aromatic amines is 1. The normalized spacial score (nSPS) is 14.9. The van der Waals surface area contributed by atoms with Crippen molar-refractivity contribution in [2.75, 3.05) is 50.9 Å². The number of amides is 2. The summed E-state index contributed by atoms with van der Waals surface area (Å²) in [6.07, 6.45) is 9.70. The second kappa shape index (κ2) is 14.1. The van der Waals surface area contributed by atoms with Gasteiger partial charge >= 0.3 is 0 Å². The number of benzene rings is 1. The van der Waals surface area contributed by atoms with E-state index in [2.05, 4.69) is 48.0 Å². The topological polar surface area (TPSA) is 131 Å². The Kier molecular flexibility index (Phi) is 10.1. The van der Waals surface area contributed by atoms with E-state index < -0.39 is 6.04 Å². The molecule has 40 heavy (non-hydrogen) atoms. The minimum atomic E-state index is -0.406. The molecule has 1 atom stereocenters. The van der Waals surface area contributed by atoms with Gasteiger partial charge < -0.3 is 25.8 Å². The minimum absolute atomic E-state index is 0.0994. The van der Waals surface area contributed by atoms with Crippen LogP contribution >= 0.6 is 0 Å². The van der Waals surface area contributed by atoms with Gasteiger partial charge in [0.15, 0.2) is 0 Å². The molecule has 11 nitrogen and oxygen atoms in total. The highest BCUT2D eigenvalue weighted by Crippen LogP contribution is 2.21. The number of likely N-dealkylation sites (N-methyl/N-ethyl adjacent to an activating group) is 1. The Morgan fingerprint density at radius 1 is 1.27 bits per heavy atom. The predicted octanol–water partition coefficient (Wildman–Crippen LogP) is 2.89. The Labute approximate surface area is 234 Å². The molecule has 0 aliphatic carbocycles. The van der Waals surface area contributed by atoms with E-state index in [0.717, 1.165) is 23.0 Å². The Balaban J connectivity index is 1.26. The molecule has 11 heteroatoms. The standard InChI is InChI=1S/C29H37N9O2/c1-4-30-27-21(19-32-29(35-27)34-23-13-14-24-22(18-23)20-33-36-24)10-6-5-7-15-31-28(40)25-11-8-17-38(25)26(39)12-9-16-37(2)3/h9,12-14,18-20,25H,4-5,7-8,11,15-17H2,1-3H3,(H,31,40)(H,33,36)(H2,30,32,34,35)/b12-9+/t25-/m0/s1. The van der Waals surface area contributed by atoms with Crippen molar-refractivity contribution in [3.63, 3.8) is 0 Å². The number of carbonyl (C=O) groups is 2. The molecule has 1 saturated heterocycles. The van der Waals surface area contributed by atoms with Crippen LogP contribution in [0, 0.1) is 11.8 Å². The van der Waals surface area contributed by atoms with Crippen LogP contribution in [0.15, 0.2) is 42.7 Å². The van der Waals surface area contributed by atoms with Gasteiger partial charge in [-0.2, -0.15) is 10.1 Å². The molecule has 4 rings (SSSR count). The van der Waals surface area contributed by atoms with E-state index in [4.69, 9.17) is 0 Å². The molecule has 1 fully saturated rings. The summed E-state index contributed by atoms with van der Waals surface area (Å²) in [5, 5.41) is 17.4. The van der Waals surface area contributed by atoms with E-state index in [1.165, 1.54) is 0 Å². The predicted molar refractivity (Wildman–Crippen MR) is 157 cm³/mol. The summed E-state index contributed by atoms with van der Waals surface area (Å²) in [6.45, 7) is 4.50. The van der Waals surface area contributed by atoms with Crippen LogP contribution in [0.5, 0.6) is 0 Å². The number of hydrogen-bond donors (Lipinski definition) is 4. The van der Waals surface area contributed by atoms with Crippen molar-refractivity contribution in [2.24, 2.45) is 0 Å². The maximum atomic E-state index is 12.7. The largest absolute Gasteiger partial charge is 0.369 e. The summed E-state index contributed by atoms with van der Waals surface area (Å²) >= 11 is 0. The van der Waals surface area contributed by atoms with Gasteiger partial charge in [0.1, 0.15) is 11.9 Å². The molecule has 1 aliphatic rings. The zero-order valence-electron chi connectivity index (χ0n) is 23.3. The van der Waals surface area contributed by atoms with Gasteiger partial charge in [0.05, 0.1) is 23.5 Å². The number of anilines is 3. The van der Waals surface area contributed by atoms with E-state index in [-0.39, 0.29) is 11.8 Å². The van der Waals surface area contributed by atoms with Crippen LogP contribution in [0.3, 0.4) is 0 Å². The second-order valence-corrected chi connectivity index (χ2v) is 9.83. The summed E-state index contributed by atoms with van der Waals surface area (Å²) in [7, 11) is 3.89. The average molecular weight is 544 g/mol. The Morgan fingerprint density at radius 2 is 2.15 bits per heavy atom. The van der Waals surface area contributed by atoms with Crippen LogP contribution in [0.4, 0.5) is 17.5 Å². The highest BCUT2D eigenvalue weighted by molar-refractivity contribution is 5.93. The molecule has 0 unspecified atom stereocenters. The molecule has 0 radical (unpaired) electrons. The van der Waals surface area contributed by atoms with Gasteiger partial charge in [-0.3, -0.25) is 14.7 Å². The lowest BCUT2D eigenvalue weighted by Crippen LogP contribution is -2.45. The first-order valence-electron chi connectivity index (χ1n) is 13.6. The van der Waals surface area contributed by atoms with Crippen LogP contribution in [-0.4, -0.2) is 88.1 Å². The number of hydrogen-bond acceptors (Lipinski definition) is 8. The van der Waals surface area contributed by atoms with Gasteiger partial charge in [-0.15, -0.1) is 0 Å². The second-order valence-electron chi connectivity index (χ2n) is 9.83. The minimum Gasteiger partial charge on any atom is -0.369 e. The van der Waals surface area contributed by atoms with Crippen LogP contribution in [0.25, 0.3) is 10.9 Å². The number of likely N-dealkylation sites (tertiary alicyclic amines) is 1. The van der Waals surface area contributed by atoms with Crippen LogP contribution < -0.4 is 16.0 Å². The Morgan fingerprint density at radius 3 is 2.98 bits per heavy atom. The molecule has 210 valence electrons. The lowest BCUT2D eigenvalue weighted by molar-refractivity contribution is -0.135. The van der Waals surface area contributed by atoms with Crippen molar-refractivity contribution in [1.29, 1.82) is 0 Å². The smallest absolute Gasteiger partial charge is 0.246 e.